The minimum Gasteiger partial charge on any atom is -0.478 e. The van der Waals surface area contributed by atoms with Crippen molar-refractivity contribution in [3.05, 3.63) is 46.5 Å². The summed E-state index contributed by atoms with van der Waals surface area (Å²) in [4.78, 5) is 28.9. The average Bonchev–Trinajstić information content (AvgIpc) is 2.98. The molecule has 2 aromatic rings. The number of fused-ring (bicyclic) bond motifs is 1. The number of rotatable bonds is 2. The van der Waals surface area contributed by atoms with Crippen molar-refractivity contribution in [2.45, 2.75) is 13.0 Å². The molecule has 0 saturated carbocycles. The molecule has 21 heavy (non-hydrogen) atoms. The first-order valence-corrected chi connectivity index (χ1v) is 7.32. The number of carboxylic acid groups (broad SMARTS) is 1. The summed E-state index contributed by atoms with van der Waals surface area (Å²) in [6.07, 6.45) is 2.35. The van der Waals surface area contributed by atoms with Gasteiger partial charge in [0.05, 0.1) is 5.56 Å². The van der Waals surface area contributed by atoms with Crippen LogP contribution in [0.5, 0.6) is 0 Å². The van der Waals surface area contributed by atoms with Gasteiger partial charge in [-0.3, -0.25) is 5.32 Å². The largest absolute Gasteiger partial charge is 0.478 e. The Bertz CT molecular complexity index is 685. The molecule has 0 radical (unpaired) electrons. The van der Waals surface area contributed by atoms with Crippen LogP contribution in [-0.4, -0.2) is 33.5 Å². The van der Waals surface area contributed by atoms with Crippen LogP contribution >= 0.6 is 11.3 Å². The Morgan fingerprint density at radius 1 is 1.33 bits per heavy atom. The van der Waals surface area contributed by atoms with Gasteiger partial charge < -0.3 is 10.0 Å². The molecule has 0 saturated heterocycles. The number of hydrogen-bond donors (Lipinski definition) is 2. The second-order valence-electron chi connectivity index (χ2n) is 4.73. The van der Waals surface area contributed by atoms with Crippen LogP contribution in [0.25, 0.3) is 0 Å². The zero-order valence-electron chi connectivity index (χ0n) is 11.1. The number of amides is 2. The van der Waals surface area contributed by atoms with Crippen molar-refractivity contribution < 1.29 is 14.7 Å². The lowest BCUT2D eigenvalue weighted by Gasteiger charge is -2.28. The number of thiazole rings is 1. The molecule has 2 N–H and O–H groups in total. The molecule has 6 nitrogen and oxygen atoms in total. The number of aromatic nitrogens is 1. The standard InChI is InChI=1S/C14H13N3O3S/c18-12(19)10-2-1-9-3-5-17(8-11(9)7-10)14(20)16-13-15-4-6-21-13/h1-2,4,6-7H,3,5,8H2,(H,18,19)(H,15,16,20). The Labute approximate surface area is 125 Å². The van der Waals surface area contributed by atoms with Crippen LogP contribution in [0.3, 0.4) is 0 Å². The van der Waals surface area contributed by atoms with E-state index < -0.39 is 5.97 Å². The maximum Gasteiger partial charge on any atom is 0.335 e. The molecule has 1 aliphatic rings. The molecule has 3 rings (SSSR count). The van der Waals surface area contributed by atoms with Crippen molar-refractivity contribution in [2.24, 2.45) is 0 Å². The van der Waals surface area contributed by atoms with E-state index in [4.69, 9.17) is 5.11 Å². The molecule has 0 spiro atoms. The number of benzene rings is 1. The Morgan fingerprint density at radius 2 is 2.19 bits per heavy atom. The quantitative estimate of drug-likeness (QED) is 0.892. The van der Waals surface area contributed by atoms with Gasteiger partial charge in [-0.25, -0.2) is 14.6 Å². The van der Waals surface area contributed by atoms with Crippen molar-refractivity contribution in [3.63, 3.8) is 0 Å². The van der Waals surface area contributed by atoms with Gasteiger partial charge in [0.1, 0.15) is 0 Å². The van der Waals surface area contributed by atoms with Crippen LogP contribution in [-0.2, 0) is 13.0 Å². The van der Waals surface area contributed by atoms with Crippen molar-refractivity contribution in [2.75, 3.05) is 11.9 Å². The molecule has 0 bridgehead atoms. The molecule has 1 aromatic carbocycles. The van der Waals surface area contributed by atoms with E-state index in [-0.39, 0.29) is 11.6 Å². The Kier molecular flexibility index (Phi) is 3.57. The first-order valence-electron chi connectivity index (χ1n) is 6.44. The number of carboxylic acids is 1. The van der Waals surface area contributed by atoms with E-state index in [1.807, 2.05) is 6.07 Å². The van der Waals surface area contributed by atoms with Gasteiger partial charge in [-0.2, -0.15) is 0 Å². The van der Waals surface area contributed by atoms with E-state index in [0.29, 0.717) is 18.2 Å². The van der Waals surface area contributed by atoms with Crippen molar-refractivity contribution >= 4 is 28.5 Å². The summed E-state index contributed by atoms with van der Waals surface area (Å²) >= 11 is 1.36. The number of carbonyl (C=O) groups excluding carboxylic acids is 1. The van der Waals surface area contributed by atoms with E-state index in [1.165, 1.54) is 11.3 Å². The van der Waals surface area contributed by atoms with E-state index in [1.54, 1.807) is 28.6 Å². The molecule has 0 unspecified atom stereocenters. The van der Waals surface area contributed by atoms with Crippen LogP contribution in [0.15, 0.2) is 29.8 Å². The lowest BCUT2D eigenvalue weighted by Crippen LogP contribution is -2.38. The normalized spacial score (nSPS) is 13.6. The van der Waals surface area contributed by atoms with Crippen molar-refractivity contribution in [3.8, 4) is 0 Å². The van der Waals surface area contributed by atoms with Crippen LogP contribution in [0.1, 0.15) is 21.5 Å². The number of urea groups is 1. The number of nitrogens with zero attached hydrogens (tertiary/aromatic N) is 2. The van der Waals surface area contributed by atoms with Gasteiger partial charge in [-0.15, -0.1) is 11.3 Å². The van der Waals surface area contributed by atoms with Gasteiger partial charge in [0.25, 0.3) is 0 Å². The zero-order valence-corrected chi connectivity index (χ0v) is 11.9. The predicted molar refractivity (Wildman–Crippen MR) is 78.6 cm³/mol. The van der Waals surface area contributed by atoms with Gasteiger partial charge >= 0.3 is 12.0 Å². The van der Waals surface area contributed by atoms with E-state index in [2.05, 4.69) is 10.3 Å². The molecule has 0 fully saturated rings. The molecule has 2 amide bonds. The predicted octanol–water partition coefficient (Wildman–Crippen LogP) is 2.43. The number of aromatic carboxylic acids is 1. The summed E-state index contributed by atoms with van der Waals surface area (Å²) < 4.78 is 0. The number of nitrogens with one attached hydrogen (secondary N) is 1. The third-order valence-corrected chi connectivity index (χ3v) is 4.09. The van der Waals surface area contributed by atoms with Crippen LogP contribution in [0.2, 0.25) is 0 Å². The first-order chi connectivity index (χ1) is 10.1. The highest BCUT2D eigenvalue weighted by atomic mass is 32.1. The summed E-state index contributed by atoms with van der Waals surface area (Å²) in [7, 11) is 0. The molecule has 1 aromatic heterocycles. The third-order valence-electron chi connectivity index (χ3n) is 3.40. The topological polar surface area (TPSA) is 82.5 Å². The molecule has 2 heterocycles. The second kappa shape index (κ2) is 5.53. The van der Waals surface area contributed by atoms with Gasteiger partial charge in [0, 0.05) is 24.7 Å². The third kappa shape index (κ3) is 2.87. The first kappa shape index (κ1) is 13.6. The summed E-state index contributed by atoms with van der Waals surface area (Å²) in [5.74, 6) is -0.956. The lowest BCUT2D eigenvalue weighted by molar-refractivity contribution is 0.0696. The minimum absolute atomic E-state index is 0.212. The summed E-state index contributed by atoms with van der Waals surface area (Å²) in [5.41, 5.74) is 2.23. The van der Waals surface area contributed by atoms with Crippen molar-refractivity contribution in [1.29, 1.82) is 0 Å². The van der Waals surface area contributed by atoms with E-state index in [0.717, 1.165) is 17.5 Å². The maximum atomic E-state index is 12.2. The lowest BCUT2D eigenvalue weighted by atomic mass is 9.97. The molecule has 0 aliphatic carbocycles. The summed E-state index contributed by atoms with van der Waals surface area (Å²) in [6.45, 7) is 1.02. The average molecular weight is 303 g/mol. The number of hydrogen-bond acceptors (Lipinski definition) is 4. The fourth-order valence-electron chi connectivity index (χ4n) is 2.32. The van der Waals surface area contributed by atoms with Crippen LogP contribution < -0.4 is 5.32 Å². The summed E-state index contributed by atoms with van der Waals surface area (Å²) in [5, 5.41) is 14.1. The number of carbonyl (C=O) groups is 2. The molecule has 108 valence electrons. The molecule has 1 aliphatic heterocycles. The van der Waals surface area contributed by atoms with Gasteiger partial charge in [-0.05, 0) is 29.7 Å². The SMILES string of the molecule is O=C(O)c1ccc2c(c1)CN(C(=O)Nc1nccs1)CC2. The highest BCUT2D eigenvalue weighted by Gasteiger charge is 2.22. The number of anilines is 1. The Hall–Kier alpha value is -2.41. The van der Waals surface area contributed by atoms with E-state index >= 15 is 0 Å². The Morgan fingerprint density at radius 3 is 2.90 bits per heavy atom. The van der Waals surface area contributed by atoms with Gasteiger partial charge in [0.2, 0.25) is 0 Å². The van der Waals surface area contributed by atoms with Crippen molar-refractivity contribution in [1.82, 2.24) is 9.88 Å². The van der Waals surface area contributed by atoms with Gasteiger partial charge in [0.15, 0.2) is 5.13 Å². The van der Waals surface area contributed by atoms with Crippen LogP contribution in [0, 0.1) is 0 Å². The minimum atomic E-state index is -0.956. The summed E-state index contributed by atoms with van der Waals surface area (Å²) in [6, 6.07) is 4.86. The Balaban J connectivity index is 1.75. The zero-order chi connectivity index (χ0) is 14.8. The molecular weight excluding hydrogens is 290 g/mol. The fraction of sp³-hybridized carbons (Fsp3) is 0.214. The highest BCUT2D eigenvalue weighted by Crippen LogP contribution is 2.21. The molecule has 0 atom stereocenters. The monoisotopic (exact) mass is 303 g/mol. The van der Waals surface area contributed by atoms with Gasteiger partial charge in [-0.1, -0.05) is 6.07 Å². The van der Waals surface area contributed by atoms with E-state index in [9.17, 15) is 9.59 Å². The molecule has 7 heteroatoms. The van der Waals surface area contributed by atoms with Crippen LogP contribution in [0.4, 0.5) is 9.93 Å². The smallest absolute Gasteiger partial charge is 0.335 e. The fourth-order valence-corrected chi connectivity index (χ4v) is 2.84. The maximum absolute atomic E-state index is 12.2. The highest BCUT2D eigenvalue weighted by molar-refractivity contribution is 7.13. The molecular formula is C14H13N3O3S. The second-order valence-corrected chi connectivity index (χ2v) is 5.62.